The molecule has 0 unspecified atom stereocenters. The number of hydrogen-bond donors (Lipinski definition) is 2. The number of aromatic nitrogens is 4. The maximum absolute atomic E-state index is 11.6. The van der Waals surface area contributed by atoms with E-state index in [4.69, 9.17) is 4.74 Å². The number of ether oxygens (including phenoxy) is 1. The molecule has 0 saturated carbocycles. The van der Waals surface area contributed by atoms with Crippen LogP contribution in [0.1, 0.15) is 11.3 Å². The molecule has 0 radical (unpaired) electrons. The number of nitrogens with one attached hydrogen (secondary N) is 1. The Hall–Kier alpha value is -3.83. The number of pyridine rings is 1. The van der Waals surface area contributed by atoms with Crippen LogP contribution in [0.4, 0.5) is 17.2 Å². The van der Waals surface area contributed by atoms with Crippen molar-refractivity contribution in [2.45, 2.75) is 13.3 Å². The molecule has 10 nitrogen and oxygen atoms in total. The quantitative estimate of drug-likeness (QED) is 0.304. The van der Waals surface area contributed by atoms with E-state index in [2.05, 4.69) is 20.4 Å². The van der Waals surface area contributed by atoms with Crippen molar-refractivity contribution in [2.24, 2.45) is 0 Å². The van der Waals surface area contributed by atoms with Crippen LogP contribution in [0.25, 0.3) is 16.4 Å². The Labute approximate surface area is 187 Å². The normalized spacial score (nSPS) is 10.8. The molecule has 0 aliphatic carbocycles. The number of aliphatic hydroxyl groups excluding tert-OH is 1. The number of anilines is 2. The van der Waals surface area contributed by atoms with Crippen LogP contribution in [0.3, 0.4) is 0 Å². The minimum Gasteiger partial charge on any atom is -0.496 e. The summed E-state index contributed by atoms with van der Waals surface area (Å²) in [6.45, 7) is 1.70. The molecule has 0 amide bonds. The zero-order valence-corrected chi connectivity index (χ0v) is 18.2. The van der Waals surface area contributed by atoms with Gasteiger partial charge in [-0.25, -0.2) is 14.6 Å². The molecular formula is C21H20N6O4S. The Bertz CT molecular complexity index is 1260. The molecule has 0 bridgehead atoms. The summed E-state index contributed by atoms with van der Waals surface area (Å²) in [6, 6.07) is 8.26. The van der Waals surface area contributed by atoms with E-state index in [1.54, 1.807) is 23.0 Å². The second-order valence-electron chi connectivity index (χ2n) is 6.83. The highest BCUT2D eigenvalue weighted by atomic mass is 32.1. The zero-order chi connectivity index (χ0) is 22.7. The molecular weight excluding hydrogens is 432 g/mol. The highest BCUT2D eigenvalue weighted by molar-refractivity contribution is 7.13. The van der Waals surface area contributed by atoms with Gasteiger partial charge in [0.25, 0.3) is 5.69 Å². The third kappa shape index (κ3) is 4.29. The van der Waals surface area contributed by atoms with Crippen molar-refractivity contribution in [1.82, 2.24) is 19.7 Å². The van der Waals surface area contributed by atoms with Gasteiger partial charge in [-0.2, -0.15) is 5.10 Å². The Kier molecular flexibility index (Phi) is 6.10. The van der Waals surface area contributed by atoms with Crippen molar-refractivity contribution in [3.05, 3.63) is 69.5 Å². The summed E-state index contributed by atoms with van der Waals surface area (Å²) in [6.07, 6.45) is 3.81. The van der Waals surface area contributed by atoms with Crippen LogP contribution in [-0.2, 0) is 6.42 Å². The number of methoxy groups -OCH3 is 1. The lowest BCUT2D eigenvalue weighted by Crippen LogP contribution is -2.10. The fourth-order valence-electron chi connectivity index (χ4n) is 3.29. The number of aryl methyl sites for hydroxylation is 1. The van der Waals surface area contributed by atoms with E-state index in [9.17, 15) is 15.2 Å². The molecule has 1 aromatic carbocycles. The summed E-state index contributed by atoms with van der Waals surface area (Å²) in [4.78, 5) is 19.9. The highest BCUT2D eigenvalue weighted by Crippen LogP contribution is 2.33. The van der Waals surface area contributed by atoms with Gasteiger partial charge in [-0.3, -0.25) is 10.1 Å². The number of nitro groups is 1. The molecule has 4 aromatic rings. The van der Waals surface area contributed by atoms with Crippen LogP contribution < -0.4 is 10.1 Å². The Balaban J connectivity index is 1.79. The molecule has 3 heterocycles. The molecule has 4 rings (SSSR count). The standard InChI is InChI=1S/C21H20N6O4S/c1-13-11-18(26-8-5-17(25-26)21-22-7-10-32-21)15(6-9-28)20(23-13)24-16-4-3-14(31-2)12-19(16)27(29)30/h3-5,7-8,10-12,28H,6,9H2,1-2H3,(H,23,24). The maximum atomic E-state index is 11.6. The van der Waals surface area contributed by atoms with Gasteiger partial charge in [0, 0.05) is 42.1 Å². The monoisotopic (exact) mass is 452 g/mol. The molecule has 32 heavy (non-hydrogen) atoms. The first-order chi connectivity index (χ1) is 15.5. The maximum Gasteiger partial charge on any atom is 0.296 e. The van der Waals surface area contributed by atoms with E-state index in [0.717, 1.165) is 10.7 Å². The summed E-state index contributed by atoms with van der Waals surface area (Å²) in [5.41, 5.74) is 2.93. The fourth-order valence-corrected chi connectivity index (χ4v) is 3.90. The minimum atomic E-state index is -0.485. The summed E-state index contributed by atoms with van der Waals surface area (Å²) in [5, 5.41) is 31.7. The number of thiazole rings is 1. The van der Waals surface area contributed by atoms with E-state index >= 15 is 0 Å². The molecule has 0 fully saturated rings. The van der Waals surface area contributed by atoms with Gasteiger partial charge in [0.05, 0.1) is 23.8 Å². The number of rotatable bonds is 8. The molecule has 2 N–H and O–H groups in total. The second-order valence-corrected chi connectivity index (χ2v) is 7.73. The van der Waals surface area contributed by atoms with E-state index in [-0.39, 0.29) is 24.4 Å². The van der Waals surface area contributed by atoms with Gasteiger partial charge in [-0.05, 0) is 31.2 Å². The van der Waals surface area contributed by atoms with Crippen LogP contribution in [0.2, 0.25) is 0 Å². The van der Waals surface area contributed by atoms with Gasteiger partial charge in [0.1, 0.15) is 28.0 Å². The first-order valence-electron chi connectivity index (χ1n) is 9.67. The molecule has 0 aliphatic heterocycles. The van der Waals surface area contributed by atoms with Gasteiger partial charge in [-0.15, -0.1) is 11.3 Å². The van der Waals surface area contributed by atoms with Crippen molar-refractivity contribution in [3.63, 3.8) is 0 Å². The SMILES string of the molecule is COc1ccc(Nc2nc(C)cc(-n3ccc(-c4nccs4)n3)c2CCO)c([N+](=O)[O-])c1. The van der Waals surface area contributed by atoms with Crippen molar-refractivity contribution in [1.29, 1.82) is 0 Å². The topological polar surface area (TPSA) is 128 Å². The van der Waals surface area contributed by atoms with Crippen LogP contribution in [0.15, 0.2) is 48.1 Å². The van der Waals surface area contributed by atoms with Gasteiger partial charge in [-0.1, -0.05) is 0 Å². The number of benzene rings is 1. The third-order valence-electron chi connectivity index (χ3n) is 4.73. The Morgan fingerprint density at radius 3 is 2.84 bits per heavy atom. The first kappa shape index (κ1) is 21.4. The fraction of sp³-hybridized carbons (Fsp3) is 0.190. The number of hydrogen-bond acceptors (Lipinski definition) is 9. The van der Waals surface area contributed by atoms with Gasteiger partial charge in [0.15, 0.2) is 0 Å². The van der Waals surface area contributed by atoms with Crippen molar-refractivity contribution in [3.8, 4) is 22.1 Å². The minimum absolute atomic E-state index is 0.127. The molecule has 0 aliphatic rings. The predicted octanol–water partition coefficient (Wildman–Crippen LogP) is 3.89. The number of aliphatic hydroxyl groups is 1. The molecule has 0 spiro atoms. The van der Waals surface area contributed by atoms with Crippen molar-refractivity contribution >= 4 is 28.5 Å². The van der Waals surface area contributed by atoms with Crippen LogP contribution >= 0.6 is 11.3 Å². The van der Waals surface area contributed by atoms with Crippen LogP contribution in [0.5, 0.6) is 5.75 Å². The molecule has 0 saturated heterocycles. The Morgan fingerprint density at radius 1 is 1.31 bits per heavy atom. The first-order valence-corrected chi connectivity index (χ1v) is 10.5. The zero-order valence-electron chi connectivity index (χ0n) is 17.3. The lowest BCUT2D eigenvalue weighted by Gasteiger charge is -2.16. The summed E-state index contributed by atoms with van der Waals surface area (Å²) < 4.78 is 6.80. The molecule has 164 valence electrons. The lowest BCUT2D eigenvalue weighted by atomic mass is 10.1. The largest absolute Gasteiger partial charge is 0.496 e. The highest BCUT2D eigenvalue weighted by Gasteiger charge is 2.20. The van der Waals surface area contributed by atoms with Gasteiger partial charge in [0.2, 0.25) is 0 Å². The average molecular weight is 452 g/mol. The van der Waals surface area contributed by atoms with E-state index < -0.39 is 4.92 Å². The van der Waals surface area contributed by atoms with Crippen LogP contribution in [0, 0.1) is 17.0 Å². The van der Waals surface area contributed by atoms with E-state index in [1.165, 1.54) is 24.5 Å². The summed E-state index contributed by atoms with van der Waals surface area (Å²) in [5.74, 6) is 0.788. The van der Waals surface area contributed by atoms with E-state index in [1.807, 2.05) is 30.6 Å². The average Bonchev–Trinajstić information content (AvgIpc) is 3.47. The lowest BCUT2D eigenvalue weighted by molar-refractivity contribution is -0.384. The van der Waals surface area contributed by atoms with Crippen LogP contribution in [-0.4, -0.2) is 43.5 Å². The van der Waals surface area contributed by atoms with Gasteiger partial charge < -0.3 is 15.2 Å². The van der Waals surface area contributed by atoms with E-state index in [0.29, 0.717) is 28.5 Å². The number of nitrogens with zero attached hydrogens (tertiary/aromatic N) is 5. The predicted molar refractivity (Wildman–Crippen MR) is 121 cm³/mol. The number of nitro benzene ring substituents is 1. The Morgan fingerprint density at radius 2 is 2.16 bits per heavy atom. The molecule has 3 aromatic heterocycles. The van der Waals surface area contributed by atoms with Gasteiger partial charge >= 0.3 is 0 Å². The summed E-state index contributed by atoms with van der Waals surface area (Å²) in [7, 11) is 1.45. The second kappa shape index (κ2) is 9.12. The molecule has 11 heteroatoms. The molecule has 0 atom stereocenters. The van der Waals surface area contributed by atoms with Crippen molar-refractivity contribution in [2.75, 3.05) is 19.0 Å². The third-order valence-corrected chi connectivity index (χ3v) is 5.53. The summed E-state index contributed by atoms with van der Waals surface area (Å²) >= 11 is 1.49. The van der Waals surface area contributed by atoms with Crippen molar-refractivity contribution < 1.29 is 14.8 Å². The smallest absolute Gasteiger partial charge is 0.296 e.